The predicted octanol–water partition coefficient (Wildman–Crippen LogP) is 1.40. The molecule has 0 N–H and O–H groups in total. The Morgan fingerprint density at radius 2 is 2.20 bits per heavy atom. The fourth-order valence-electron chi connectivity index (χ4n) is 1.57. The minimum Gasteiger partial charge on any atom is -0.232 e. The van der Waals surface area contributed by atoms with Crippen LogP contribution >= 0.6 is 0 Å². The lowest BCUT2D eigenvalue weighted by Crippen LogP contribution is -2.02. The number of aryl methyl sites for hydroxylation is 1. The molecule has 15 heavy (non-hydrogen) atoms. The summed E-state index contributed by atoms with van der Waals surface area (Å²) in [6.45, 7) is 3.61. The van der Waals surface area contributed by atoms with E-state index in [2.05, 4.69) is 6.07 Å². The molecule has 0 amide bonds. The minimum atomic E-state index is -2.46. The van der Waals surface area contributed by atoms with Gasteiger partial charge in [-0.05, 0) is 24.1 Å². The normalized spacial score (nSPS) is 12.7. The third kappa shape index (κ3) is 3.07. The molecule has 0 saturated heterocycles. The molecule has 1 aromatic carbocycles. The van der Waals surface area contributed by atoms with Crippen molar-refractivity contribution in [2.24, 2.45) is 0 Å². The standard InChI is InChI=1S/C10H12O3S2/c1-7-4-3-5-9(6-15(12)13)10(7)8(2)14-11/h3,5,8,15H,6H2,1-2H3/q+1. The van der Waals surface area contributed by atoms with Gasteiger partial charge in [-0.2, -0.15) is 0 Å². The summed E-state index contributed by atoms with van der Waals surface area (Å²) in [5.74, 6) is -0.00884. The number of thiol groups is 1. The van der Waals surface area contributed by atoms with Gasteiger partial charge in [0, 0.05) is 16.7 Å². The average molecular weight is 244 g/mol. The van der Waals surface area contributed by atoms with Gasteiger partial charge in [-0.25, -0.2) is 8.42 Å². The molecular weight excluding hydrogens is 232 g/mol. The summed E-state index contributed by atoms with van der Waals surface area (Å²) in [7, 11) is -2.46. The Morgan fingerprint density at radius 3 is 2.73 bits per heavy atom. The van der Waals surface area contributed by atoms with Crippen molar-refractivity contribution in [3.8, 4) is 0 Å². The molecule has 0 spiro atoms. The highest BCUT2D eigenvalue weighted by Gasteiger charge is 2.23. The van der Waals surface area contributed by atoms with E-state index in [4.69, 9.17) is 0 Å². The van der Waals surface area contributed by atoms with Gasteiger partial charge in [0.15, 0.2) is 0 Å². The van der Waals surface area contributed by atoms with Gasteiger partial charge in [-0.15, -0.1) is 0 Å². The molecule has 0 aliphatic rings. The van der Waals surface area contributed by atoms with E-state index < -0.39 is 10.7 Å². The van der Waals surface area contributed by atoms with Gasteiger partial charge in [0.25, 0.3) is 5.25 Å². The fraction of sp³-hybridized carbons (Fsp3) is 0.400. The summed E-state index contributed by atoms with van der Waals surface area (Å²) in [5, 5.41) is -0.243. The Hall–Kier alpha value is -0.810. The highest BCUT2D eigenvalue weighted by molar-refractivity contribution is 7.71. The van der Waals surface area contributed by atoms with Crippen molar-refractivity contribution in [2.45, 2.75) is 24.9 Å². The van der Waals surface area contributed by atoms with Crippen LogP contribution < -0.4 is 0 Å². The largest absolute Gasteiger partial charge is 0.466 e. The molecule has 1 radical (unpaired) electrons. The maximum atomic E-state index is 10.8. The molecule has 5 heteroatoms. The summed E-state index contributed by atoms with van der Waals surface area (Å²) >= 11 is 0.466. The first-order valence-corrected chi connectivity index (χ1v) is 6.63. The molecule has 1 atom stereocenters. The van der Waals surface area contributed by atoms with Crippen molar-refractivity contribution < 1.29 is 12.6 Å². The van der Waals surface area contributed by atoms with E-state index in [9.17, 15) is 12.6 Å². The van der Waals surface area contributed by atoms with Gasteiger partial charge in [-0.1, -0.05) is 12.1 Å². The van der Waals surface area contributed by atoms with E-state index in [0.717, 1.165) is 11.1 Å². The van der Waals surface area contributed by atoms with Crippen LogP contribution in [0, 0.1) is 13.0 Å². The highest BCUT2D eigenvalue weighted by atomic mass is 32.2. The second kappa shape index (κ2) is 5.32. The molecule has 0 aliphatic heterocycles. The zero-order valence-electron chi connectivity index (χ0n) is 8.52. The van der Waals surface area contributed by atoms with E-state index in [1.54, 1.807) is 19.1 Å². The van der Waals surface area contributed by atoms with Crippen molar-refractivity contribution >= 4 is 22.4 Å². The monoisotopic (exact) mass is 244 g/mol. The first-order chi connectivity index (χ1) is 7.06. The van der Waals surface area contributed by atoms with Crippen LogP contribution in [0.25, 0.3) is 0 Å². The second-order valence-corrected chi connectivity index (χ2v) is 5.15. The third-order valence-electron chi connectivity index (χ3n) is 2.18. The summed E-state index contributed by atoms with van der Waals surface area (Å²) in [6.07, 6.45) is 0. The Morgan fingerprint density at radius 1 is 1.53 bits per heavy atom. The van der Waals surface area contributed by atoms with E-state index in [0.29, 0.717) is 17.2 Å². The number of rotatable bonds is 4. The molecule has 3 nitrogen and oxygen atoms in total. The van der Waals surface area contributed by atoms with Gasteiger partial charge in [-0.3, -0.25) is 0 Å². The van der Waals surface area contributed by atoms with Gasteiger partial charge < -0.3 is 0 Å². The lowest BCUT2D eigenvalue weighted by atomic mass is 10.0. The molecule has 1 rings (SSSR count). The van der Waals surface area contributed by atoms with E-state index >= 15 is 0 Å². The van der Waals surface area contributed by atoms with Gasteiger partial charge in [0.05, 0.1) is 5.75 Å². The van der Waals surface area contributed by atoms with E-state index in [-0.39, 0.29) is 11.0 Å². The van der Waals surface area contributed by atoms with Crippen LogP contribution in [-0.2, 0) is 32.3 Å². The quantitative estimate of drug-likeness (QED) is 0.643. The Bertz CT molecular complexity index is 430. The van der Waals surface area contributed by atoms with Crippen molar-refractivity contribution in [1.82, 2.24) is 0 Å². The fourth-order valence-corrected chi connectivity index (χ4v) is 2.54. The van der Waals surface area contributed by atoms with Crippen molar-refractivity contribution in [2.75, 3.05) is 0 Å². The van der Waals surface area contributed by atoms with E-state index in [1.165, 1.54) is 0 Å². The maximum absolute atomic E-state index is 10.8. The van der Waals surface area contributed by atoms with Gasteiger partial charge in [0.1, 0.15) is 10.7 Å². The molecule has 0 saturated carbocycles. The summed E-state index contributed by atoms with van der Waals surface area (Å²) in [6, 6.07) is 6.38. The Balaban J connectivity index is 3.25. The van der Waals surface area contributed by atoms with Crippen LogP contribution in [0.3, 0.4) is 0 Å². The SMILES string of the molecule is Cc1[c]ccc(C[SH](=O)=O)c1C(C)[S+]=O. The zero-order chi connectivity index (χ0) is 11.4. The smallest absolute Gasteiger partial charge is 0.232 e. The molecular formula is C10H12O3S2+. The Kier molecular flexibility index (Phi) is 4.35. The second-order valence-electron chi connectivity index (χ2n) is 3.27. The molecule has 0 bridgehead atoms. The van der Waals surface area contributed by atoms with Crippen molar-refractivity contribution in [3.05, 3.63) is 34.9 Å². The van der Waals surface area contributed by atoms with Crippen LogP contribution in [0.2, 0.25) is 0 Å². The predicted molar refractivity (Wildman–Crippen MR) is 60.5 cm³/mol. The van der Waals surface area contributed by atoms with Crippen LogP contribution in [0.4, 0.5) is 0 Å². The molecule has 81 valence electrons. The zero-order valence-corrected chi connectivity index (χ0v) is 10.2. The highest BCUT2D eigenvalue weighted by Crippen LogP contribution is 2.23. The molecule has 0 aromatic heterocycles. The topological polar surface area (TPSA) is 51.2 Å². The minimum absolute atomic E-state index is 0.00884. The number of hydrogen-bond acceptors (Lipinski definition) is 3. The first kappa shape index (κ1) is 12.3. The lowest BCUT2D eigenvalue weighted by molar-refractivity contribution is 0.599. The molecule has 1 aromatic rings. The third-order valence-corrected chi connectivity index (χ3v) is 3.31. The van der Waals surface area contributed by atoms with Crippen LogP contribution in [0.15, 0.2) is 12.1 Å². The number of hydrogen-bond donors (Lipinski definition) is 1. The lowest BCUT2D eigenvalue weighted by Gasteiger charge is -2.06. The Labute approximate surface area is 95.0 Å². The first-order valence-electron chi connectivity index (χ1n) is 4.46. The molecule has 0 fully saturated rings. The molecule has 1 unspecified atom stereocenters. The van der Waals surface area contributed by atoms with Crippen LogP contribution in [-0.4, -0.2) is 8.42 Å². The van der Waals surface area contributed by atoms with Gasteiger partial charge in [0.2, 0.25) is 0 Å². The molecule has 0 aliphatic carbocycles. The van der Waals surface area contributed by atoms with Crippen LogP contribution in [0.1, 0.15) is 28.9 Å². The summed E-state index contributed by atoms with van der Waals surface area (Å²) in [5.41, 5.74) is 2.36. The average Bonchev–Trinajstić information content (AvgIpc) is 2.16. The van der Waals surface area contributed by atoms with Crippen molar-refractivity contribution in [3.63, 3.8) is 0 Å². The number of benzene rings is 1. The summed E-state index contributed by atoms with van der Waals surface area (Å²) in [4.78, 5) is 0. The molecule has 0 heterocycles. The summed E-state index contributed by atoms with van der Waals surface area (Å²) < 4.78 is 32.1. The van der Waals surface area contributed by atoms with E-state index in [1.807, 2.05) is 6.92 Å². The van der Waals surface area contributed by atoms with Crippen molar-refractivity contribution in [1.29, 1.82) is 0 Å². The maximum Gasteiger partial charge on any atom is 0.466 e. The van der Waals surface area contributed by atoms with Gasteiger partial charge >= 0.3 is 11.7 Å². The van der Waals surface area contributed by atoms with Crippen LogP contribution in [0.5, 0.6) is 0 Å².